The molecule has 1 fully saturated rings. The topological polar surface area (TPSA) is 41.1 Å². The van der Waals surface area contributed by atoms with E-state index in [-0.39, 0.29) is 11.9 Å². The number of piperidine rings is 1. The van der Waals surface area contributed by atoms with Crippen LogP contribution in [0.2, 0.25) is 0 Å². The van der Waals surface area contributed by atoms with Crippen molar-refractivity contribution in [1.82, 2.24) is 10.6 Å². The van der Waals surface area contributed by atoms with Crippen LogP contribution >= 0.6 is 0 Å². The zero-order valence-corrected chi connectivity index (χ0v) is 10.0. The molecule has 2 N–H and O–H groups in total. The van der Waals surface area contributed by atoms with Crippen molar-refractivity contribution >= 4 is 5.91 Å². The molecule has 0 aliphatic carbocycles. The highest BCUT2D eigenvalue weighted by atomic mass is 16.2. The van der Waals surface area contributed by atoms with Gasteiger partial charge in [-0.1, -0.05) is 26.2 Å². The van der Waals surface area contributed by atoms with Crippen molar-refractivity contribution in [3.8, 4) is 0 Å². The molecule has 1 saturated heterocycles. The maximum absolute atomic E-state index is 11.8. The van der Waals surface area contributed by atoms with Crippen LogP contribution in [0.4, 0.5) is 0 Å². The van der Waals surface area contributed by atoms with E-state index in [9.17, 15) is 4.79 Å². The number of nitrogens with one attached hydrogen (secondary N) is 2. The summed E-state index contributed by atoms with van der Waals surface area (Å²) in [6.07, 6.45) is 6.85. The van der Waals surface area contributed by atoms with Crippen molar-refractivity contribution in [2.24, 2.45) is 0 Å². The molecular formula is C12H24N2O. The SMILES string of the molecule is CCCCC(C)NC(=O)C1CCCCN1. The molecule has 2 unspecified atom stereocenters. The quantitative estimate of drug-likeness (QED) is 0.730. The second-order valence-corrected chi connectivity index (χ2v) is 4.55. The summed E-state index contributed by atoms with van der Waals surface area (Å²) in [5.74, 6) is 0.193. The zero-order chi connectivity index (χ0) is 11.1. The summed E-state index contributed by atoms with van der Waals surface area (Å²) in [6.45, 7) is 5.26. The van der Waals surface area contributed by atoms with Crippen LogP contribution in [0.25, 0.3) is 0 Å². The first kappa shape index (κ1) is 12.5. The molecule has 1 amide bonds. The maximum Gasteiger partial charge on any atom is 0.237 e. The van der Waals surface area contributed by atoms with Crippen molar-refractivity contribution in [1.29, 1.82) is 0 Å². The third-order valence-electron chi connectivity index (χ3n) is 3.01. The van der Waals surface area contributed by atoms with E-state index < -0.39 is 0 Å². The molecule has 0 aromatic heterocycles. The third-order valence-corrected chi connectivity index (χ3v) is 3.01. The van der Waals surface area contributed by atoms with Gasteiger partial charge >= 0.3 is 0 Å². The molecule has 2 atom stereocenters. The monoisotopic (exact) mass is 212 g/mol. The largest absolute Gasteiger partial charge is 0.352 e. The van der Waals surface area contributed by atoms with Gasteiger partial charge in [0.2, 0.25) is 5.91 Å². The number of hydrogen-bond acceptors (Lipinski definition) is 2. The van der Waals surface area contributed by atoms with E-state index in [4.69, 9.17) is 0 Å². The Balaban J connectivity index is 2.21. The number of carbonyl (C=O) groups excluding carboxylic acids is 1. The highest BCUT2D eigenvalue weighted by Gasteiger charge is 2.21. The molecule has 1 heterocycles. The summed E-state index contributed by atoms with van der Waals surface area (Å²) in [5.41, 5.74) is 0. The average molecular weight is 212 g/mol. The smallest absolute Gasteiger partial charge is 0.237 e. The highest BCUT2D eigenvalue weighted by Crippen LogP contribution is 2.08. The molecule has 3 heteroatoms. The Bertz CT molecular complexity index is 188. The fraction of sp³-hybridized carbons (Fsp3) is 0.917. The van der Waals surface area contributed by atoms with Gasteiger partial charge in [-0.2, -0.15) is 0 Å². The normalized spacial score (nSPS) is 23.5. The van der Waals surface area contributed by atoms with Crippen LogP contribution in [0.5, 0.6) is 0 Å². The molecule has 1 aliphatic rings. The number of carbonyl (C=O) groups is 1. The summed E-state index contributed by atoms with van der Waals surface area (Å²) < 4.78 is 0. The van der Waals surface area contributed by atoms with Gasteiger partial charge in [-0.15, -0.1) is 0 Å². The van der Waals surface area contributed by atoms with Gasteiger partial charge in [-0.3, -0.25) is 4.79 Å². The lowest BCUT2D eigenvalue weighted by molar-refractivity contribution is -0.124. The first-order valence-corrected chi connectivity index (χ1v) is 6.27. The lowest BCUT2D eigenvalue weighted by atomic mass is 10.0. The third kappa shape index (κ3) is 4.65. The van der Waals surface area contributed by atoms with Crippen molar-refractivity contribution in [3.63, 3.8) is 0 Å². The summed E-state index contributed by atoms with van der Waals surface area (Å²) in [5, 5.41) is 6.35. The van der Waals surface area contributed by atoms with Crippen molar-refractivity contribution in [3.05, 3.63) is 0 Å². The molecule has 0 spiro atoms. The van der Waals surface area contributed by atoms with Gasteiger partial charge in [0, 0.05) is 6.04 Å². The first-order chi connectivity index (χ1) is 7.24. The van der Waals surface area contributed by atoms with Crippen molar-refractivity contribution in [2.75, 3.05) is 6.54 Å². The molecule has 0 radical (unpaired) electrons. The van der Waals surface area contributed by atoms with E-state index in [1.807, 2.05) is 0 Å². The van der Waals surface area contributed by atoms with E-state index in [1.165, 1.54) is 25.7 Å². The second kappa shape index (κ2) is 6.83. The van der Waals surface area contributed by atoms with Crippen molar-refractivity contribution in [2.45, 2.75) is 64.5 Å². The maximum atomic E-state index is 11.8. The van der Waals surface area contributed by atoms with Crippen molar-refractivity contribution < 1.29 is 4.79 Å². The molecule has 1 rings (SSSR count). The Morgan fingerprint density at radius 1 is 1.53 bits per heavy atom. The minimum atomic E-state index is 0.0582. The van der Waals surface area contributed by atoms with Gasteiger partial charge in [0.1, 0.15) is 0 Å². The Morgan fingerprint density at radius 3 is 2.93 bits per heavy atom. The molecule has 3 nitrogen and oxygen atoms in total. The minimum absolute atomic E-state index is 0.0582. The molecule has 0 bridgehead atoms. The summed E-state index contributed by atoms with van der Waals surface area (Å²) in [4.78, 5) is 11.8. The first-order valence-electron chi connectivity index (χ1n) is 6.27. The van der Waals surface area contributed by atoms with Gasteiger partial charge in [0.25, 0.3) is 0 Å². The van der Waals surface area contributed by atoms with Gasteiger partial charge in [-0.25, -0.2) is 0 Å². The minimum Gasteiger partial charge on any atom is -0.352 e. The molecule has 1 aliphatic heterocycles. The molecule has 15 heavy (non-hydrogen) atoms. The number of unbranched alkanes of at least 4 members (excludes halogenated alkanes) is 1. The van der Waals surface area contributed by atoms with Gasteiger partial charge < -0.3 is 10.6 Å². The van der Waals surface area contributed by atoms with Crippen LogP contribution in [-0.2, 0) is 4.79 Å². The Morgan fingerprint density at radius 2 is 2.33 bits per heavy atom. The van der Waals surface area contributed by atoms with Crippen LogP contribution in [0, 0.1) is 0 Å². The van der Waals surface area contributed by atoms with Crippen LogP contribution in [0.3, 0.4) is 0 Å². The molecule has 0 saturated carbocycles. The zero-order valence-electron chi connectivity index (χ0n) is 10.0. The lowest BCUT2D eigenvalue weighted by Crippen LogP contribution is -2.48. The Kier molecular flexibility index (Phi) is 5.69. The summed E-state index contributed by atoms with van der Waals surface area (Å²) in [6, 6.07) is 0.379. The van der Waals surface area contributed by atoms with E-state index in [0.29, 0.717) is 6.04 Å². The van der Waals surface area contributed by atoms with Crippen LogP contribution in [0.1, 0.15) is 52.4 Å². The van der Waals surface area contributed by atoms with E-state index in [0.717, 1.165) is 19.4 Å². The van der Waals surface area contributed by atoms with E-state index in [2.05, 4.69) is 24.5 Å². The standard InChI is InChI=1S/C12H24N2O/c1-3-4-7-10(2)14-12(15)11-8-5-6-9-13-11/h10-11,13H,3-9H2,1-2H3,(H,14,15). The van der Waals surface area contributed by atoms with E-state index in [1.54, 1.807) is 0 Å². The fourth-order valence-corrected chi connectivity index (χ4v) is 2.00. The molecule has 88 valence electrons. The number of hydrogen-bond donors (Lipinski definition) is 2. The molecular weight excluding hydrogens is 188 g/mol. The lowest BCUT2D eigenvalue weighted by Gasteiger charge is -2.24. The summed E-state index contributed by atoms with van der Waals surface area (Å²) >= 11 is 0. The van der Waals surface area contributed by atoms with Gasteiger partial charge in [0.05, 0.1) is 6.04 Å². The molecule has 0 aromatic carbocycles. The van der Waals surface area contributed by atoms with Crippen LogP contribution in [0.15, 0.2) is 0 Å². The predicted molar refractivity (Wildman–Crippen MR) is 62.8 cm³/mol. The van der Waals surface area contributed by atoms with E-state index >= 15 is 0 Å². The van der Waals surface area contributed by atoms with Crippen LogP contribution in [-0.4, -0.2) is 24.5 Å². The van der Waals surface area contributed by atoms with Gasteiger partial charge in [0.15, 0.2) is 0 Å². The predicted octanol–water partition coefficient (Wildman–Crippen LogP) is 1.82. The van der Waals surface area contributed by atoms with Crippen LogP contribution < -0.4 is 10.6 Å². The second-order valence-electron chi connectivity index (χ2n) is 4.55. The Labute approximate surface area is 93.0 Å². The molecule has 0 aromatic rings. The Hall–Kier alpha value is -0.570. The van der Waals surface area contributed by atoms with Gasteiger partial charge in [-0.05, 0) is 32.7 Å². The number of rotatable bonds is 5. The number of amides is 1. The summed E-state index contributed by atoms with van der Waals surface area (Å²) in [7, 11) is 0. The highest BCUT2D eigenvalue weighted by molar-refractivity contribution is 5.82. The fourth-order valence-electron chi connectivity index (χ4n) is 2.00. The average Bonchev–Trinajstić information content (AvgIpc) is 2.27.